The van der Waals surface area contributed by atoms with E-state index in [1.807, 2.05) is 0 Å². The summed E-state index contributed by atoms with van der Waals surface area (Å²) < 4.78 is 4.96. The van der Waals surface area contributed by atoms with Gasteiger partial charge in [-0.3, -0.25) is 24.5 Å². The van der Waals surface area contributed by atoms with Crippen LogP contribution in [0.3, 0.4) is 0 Å². The highest BCUT2D eigenvalue weighted by molar-refractivity contribution is 6.39. The second-order valence-corrected chi connectivity index (χ2v) is 6.13. The number of rotatable bonds is 4. The van der Waals surface area contributed by atoms with Crippen molar-refractivity contribution in [1.82, 2.24) is 4.90 Å². The molecule has 0 radical (unpaired) electrons. The molecule has 1 unspecified atom stereocenters. The molecule has 1 heterocycles. The Morgan fingerprint density at radius 3 is 2.81 bits per heavy atom. The lowest BCUT2D eigenvalue weighted by atomic mass is 9.98. The number of anilines is 1. The van der Waals surface area contributed by atoms with Crippen LogP contribution in [0.4, 0.5) is 11.4 Å². The van der Waals surface area contributed by atoms with E-state index >= 15 is 0 Å². The molecular weight excluding hydrogens is 366 g/mol. The molecular formula is C16H18ClN3O6. The summed E-state index contributed by atoms with van der Waals surface area (Å²) in [6.07, 6.45) is 1.17. The molecule has 2 amide bonds. The molecule has 1 atom stereocenters. The molecule has 2 rings (SSSR count). The van der Waals surface area contributed by atoms with E-state index < -0.39 is 28.6 Å². The van der Waals surface area contributed by atoms with E-state index in [0.29, 0.717) is 19.4 Å². The molecule has 10 heteroatoms. The molecule has 1 N–H and O–H groups in total. The van der Waals surface area contributed by atoms with Crippen molar-refractivity contribution < 1.29 is 24.0 Å². The van der Waals surface area contributed by atoms with E-state index in [2.05, 4.69) is 5.32 Å². The van der Waals surface area contributed by atoms with Crippen molar-refractivity contribution >= 4 is 40.8 Å². The predicted molar refractivity (Wildman–Crippen MR) is 92.7 cm³/mol. The third-order valence-electron chi connectivity index (χ3n) is 3.92. The number of amides is 2. The van der Waals surface area contributed by atoms with Crippen molar-refractivity contribution in [2.75, 3.05) is 25.0 Å². The molecule has 1 aliphatic heterocycles. The molecule has 1 fully saturated rings. The Kier molecular flexibility index (Phi) is 6.51. The van der Waals surface area contributed by atoms with Gasteiger partial charge >= 0.3 is 17.8 Å². The average molecular weight is 384 g/mol. The first-order chi connectivity index (χ1) is 12.3. The summed E-state index contributed by atoms with van der Waals surface area (Å²) in [7, 11) is 0. The minimum absolute atomic E-state index is 0.0763. The van der Waals surface area contributed by atoms with Crippen molar-refractivity contribution in [2.24, 2.45) is 5.92 Å². The van der Waals surface area contributed by atoms with Gasteiger partial charge in [0, 0.05) is 24.8 Å². The number of carbonyl (C=O) groups is 3. The number of hydrogen-bond donors (Lipinski definition) is 1. The summed E-state index contributed by atoms with van der Waals surface area (Å²) in [5.74, 6) is -2.60. The Morgan fingerprint density at radius 2 is 2.15 bits per heavy atom. The Bertz CT molecular complexity index is 739. The third kappa shape index (κ3) is 4.69. The van der Waals surface area contributed by atoms with Crippen molar-refractivity contribution in [2.45, 2.75) is 19.8 Å². The number of nitro groups is 1. The van der Waals surface area contributed by atoms with Crippen LogP contribution in [-0.4, -0.2) is 47.3 Å². The predicted octanol–water partition coefficient (Wildman–Crippen LogP) is 1.99. The zero-order chi connectivity index (χ0) is 19.3. The fourth-order valence-electron chi connectivity index (χ4n) is 2.67. The van der Waals surface area contributed by atoms with E-state index in [-0.39, 0.29) is 29.5 Å². The van der Waals surface area contributed by atoms with Crippen LogP contribution >= 0.6 is 11.6 Å². The lowest BCUT2D eigenvalue weighted by Crippen LogP contribution is -2.47. The van der Waals surface area contributed by atoms with Gasteiger partial charge < -0.3 is 15.0 Å². The first-order valence-corrected chi connectivity index (χ1v) is 8.42. The number of nitrogens with one attached hydrogen (secondary N) is 1. The van der Waals surface area contributed by atoms with Crippen LogP contribution < -0.4 is 5.32 Å². The Morgan fingerprint density at radius 1 is 1.42 bits per heavy atom. The third-order valence-corrected chi connectivity index (χ3v) is 4.24. The quantitative estimate of drug-likeness (QED) is 0.367. The van der Waals surface area contributed by atoms with Crippen molar-refractivity contribution in [1.29, 1.82) is 0 Å². The maximum Gasteiger partial charge on any atom is 0.313 e. The number of carbonyl (C=O) groups excluding carboxylic acids is 3. The molecule has 1 aromatic carbocycles. The van der Waals surface area contributed by atoms with E-state index in [9.17, 15) is 24.5 Å². The zero-order valence-electron chi connectivity index (χ0n) is 14.1. The topological polar surface area (TPSA) is 119 Å². The summed E-state index contributed by atoms with van der Waals surface area (Å²) in [5, 5.41) is 13.1. The number of nitro benzene ring substituents is 1. The van der Waals surface area contributed by atoms with E-state index in [1.54, 1.807) is 6.92 Å². The molecule has 26 heavy (non-hydrogen) atoms. The van der Waals surface area contributed by atoms with Crippen LogP contribution in [0.5, 0.6) is 0 Å². The highest BCUT2D eigenvalue weighted by Crippen LogP contribution is 2.27. The van der Waals surface area contributed by atoms with Gasteiger partial charge in [-0.2, -0.15) is 0 Å². The molecule has 1 aromatic rings. The number of piperidine rings is 1. The van der Waals surface area contributed by atoms with Crippen LogP contribution in [0, 0.1) is 16.0 Å². The van der Waals surface area contributed by atoms with Crippen LogP contribution in [0.2, 0.25) is 5.02 Å². The number of likely N-dealkylation sites (tertiary alicyclic amines) is 1. The summed E-state index contributed by atoms with van der Waals surface area (Å²) in [4.78, 5) is 47.8. The summed E-state index contributed by atoms with van der Waals surface area (Å²) >= 11 is 5.71. The SMILES string of the molecule is CCOC(=O)C1CCCN(C(=O)C(=O)Nc2ccc(Cl)c([N+](=O)[O-])c2)C1. The summed E-state index contributed by atoms with van der Waals surface area (Å²) in [6, 6.07) is 3.70. The first-order valence-electron chi connectivity index (χ1n) is 8.04. The van der Waals surface area contributed by atoms with Gasteiger partial charge in [-0.1, -0.05) is 11.6 Å². The van der Waals surface area contributed by atoms with Crippen molar-refractivity contribution in [3.63, 3.8) is 0 Å². The molecule has 0 spiro atoms. The highest BCUT2D eigenvalue weighted by Gasteiger charge is 2.32. The van der Waals surface area contributed by atoms with E-state index in [0.717, 1.165) is 6.07 Å². The highest BCUT2D eigenvalue weighted by atomic mass is 35.5. The van der Waals surface area contributed by atoms with Gasteiger partial charge in [0.25, 0.3) is 5.69 Å². The number of esters is 1. The maximum absolute atomic E-state index is 12.3. The molecule has 1 saturated heterocycles. The Balaban J connectivity index is 2.03. The van der Waals surface area contributed by atoms with E-state index in [4.69, 9.17) is 16.3 Å². The Labute approximate surface area is 154 Å². The zero-order valence-corrected chi connectivity index (χ0v) is 14.8. The van der Waals surface area contributed by atoms with E-state index in [1.165, 1.54) is 17.0 Å². The normalized spacial score (nSPS) is 16.7. The molecule has 0 bridgehead atoms. The number of nitrogens with zero attached hydrogens (tertiary/aromatic N) is 2. The van der Waals surface area contributed by atoms with Crippen LogP contribution in [0.15, 0.2) is 18.2 Å². The largest absolute Gasteiger partial charge is 0.466 e. The molecule has 0 aliphatic carbocycles. The van der Waals surface area contributed by atoms with Gasteiger partial charge in [0.1, 0.15) is 5.02 Å². The van der Waals surface area contributed by atoms with Gasteiger partial charge in [0.05, 0.1) is 17.4 Å². The maximum atomic E-state index is 12.3. The lowest BCUT2D eigenvalue weighted by Gasteiger charge is -2.30. The first kappa shape index (κ1) is 19.6. The number of benzene rings is 1. The van der Waals surface area contributed by atoms with Crippen LogP contribution in [0.1, 0.15) is 19.8 Å². The van der Waals surface area contributed by atoms with Gasteiger partial charge in [-0.05, 0) is 31.9 Å². The van der Waals surface area contributed by atoms with Crippen LogP contribution in [0.25, 0.3) is 0 Å². The molecule has 0 aromatic heterocycles. The van der Waals surface area contributed by atoms with Gasteiger partial charge in [0.2, 0.25) is 0 Å². The van der Waals surface area contributed by atoms with Crippen LogP contribution in [-0.2, 0) is 19.1 Å². The van der Waals surface area contributed by atoms with Crippen molar-refractivity contribution in [3.05, 3.63) is 33.3 Å². The fourth-order valence-corrected chi connectivity index (χ4v) is 2.86. The second-order valence-electron chi connectivity index (χ2n) is 5.72. The molecule has 0 saturated carbocycles. The standard InChI is InChI=1S/C16H18ClN3O6/c1-2-26-16(23)10-4-3-7-19(9-10)15(22)14(21)18-11-5-6-12(17)13(8-11)20(24)25/h5-6,8,10H,2-4,7,9H2,1H3,(H,18,21). The monoisotopic (exact) mass is 383 g/mol. The van der Waals surface area contributed by atoms with Gasteiger partial charge in [0.15, 0.2) is 0 Å². The minimum Gasteiger partial charge on any atom is -0.466 e. The summed E-state index contributed by atoms with van der Waals surface area (Å²) in [6.45, 7) is 2.40. The van der Waals surface area contributed by atoms with Crippen molar-refractivity contribution in [3.8, 4) is 0 Å². The molecule has 9 nitrogen and oxygen atoms in total. The van der Waals surface area contributed by atoms with Gasteiger partial charge in [-0.25, -0.2) is 0 Å². The average Bonchev–Trinajstić information content (AvgIpc) is 2.62. The Hall–Kier alpha value is -2.68. The second kappa shape index (κ2) is 8.61. The number of halogens is 1. The number of ether oxygens (including phenoxy) is 1. The minimum atomic E-state index is -0.939. The molecule has 1 aliphatic rings. The van der Waals surface area contributed by atoms with Gasteiger partial charge in [-0.15, -0.1) is 0 Å². The summed E-state index contributed by atoms with van der Waals surface area (Å²) in [5.41, 5.74) is -0.296. The fraction of sp³-hybridized carbons (Fsp3) is 0.438. The smallest absolute Gasteiger partial charge is 0.313 e. The number of hydrogen-bond acceptors (Lipinski definition) is 6. The molecule has 140 valence electrons. The lowest BCUT2D eigenvalue weighted by molar-refractivity contribution is -0.384.